The Kier molecular flexibility index (Phi) is 8.71. The molecule has 6 aromatic rings. The second kappa shape index (κ2) is 13.3. The molecule has 0 fully saturated rings. The van der Waals surface area contributed by atoms with Gasteiger partial charge in [-0.05, 0) is 100 Å². The number of allylic oxidation sites excluding steroid dienone is 8. The van der Waals surface area contributed by atoms with E-state index in [-0.39, 0.29) is 0 Å². The summed E-state index contributed by atoms with van der Waals surface area (Å²) in [5.41, 5.74) is 28.2. The predicted molar refractivity (Wildman–Crippen MR) is 198 cm³/mol. The number of rotatable bonds is 9. The fourth-order valence-electron chi connectivity index (χ4n) is 6.23. The fourth-order valence-corrected chi connectivity index (χ4v) is 6.23. The molecule has 0 atom stereocenters. The Hall–Kier alpha value is -6.00. The number of hydrogen-bond acceptors (Lipinski definition) is 3. The second-order valence-corrected chi connectivity index (χ2v) is 11.2. The Morgan fingerprint density at radius 3 is 2.22 bits per heavy atom. The lowest BCUT2D eigenvalue weighted by atomic mass is 9.96. The smallest absolute Gasteiger partial charge is 0.0619 e. The van der Waals surface area contributed by atoms with Gasteiger partial charge in [0.1, 0.15) is 0 Å². The molecule has 0 saturated carbocycles. The van der Waals surface area contributed by atoms with Crippen molar-refractivity contribution in [2.75, 3.05) is 0 Å². The molecule has 0 amide bonds. The van der Waals surface area contributed by atoms with Gasteiger partial charge in [0.2, 0.25) is 0 Å². The molecule has 0 unspecified atom stereocenters. The van der Waals surface area contributed by atoms with Crippen molar-refractivity contribution in [3.05, 3.63) is 181 Å². The van der Waals surface area contributed by atoms with Crippen molar-refractivity contribution in [3.8, 4) is 16.8 Å². The minimum absolute atomic E-state index is 0.748. The summed E-state index contributed by atoms with van der Waals surface area (Å²) in [4.78, 5) is 0. The molecule has 0 spiro atoms. The van der Waals surface area contributed by atoms with E-state index in [1.54, 1.807) is 18.5 Å². The molecule has 0 aliphatic rings. The number of nitrogens with zero attached hydrogens (tertiary/aromatic N) is 1. The highest BCUT2D eigenvalue weighted by Crippen LogP contribution is 2.38. The lowest BCUT2D eigenvalue weighted by molar-refractivity contribution is 1.17. The van der Waals surface area contributed by atoms with Crippen LogP contribution in [0.3, 0.4) is 0 Å². The van der Waals surface area contributed by atoms with E-state index in [0.29, 0.717) is 0 Å². The van der Waals surface area contributed by atoms with Crippen molar-refractivity contribution in [1.82, 2.24) is 4.57 Å². The summed E-state index contributed by atoms with van der Waals surface area (Å²) >= 11 is 0. The second-order valence-electron chi connectivity index (χ2n) is 11.2. The maximum atomic E-state index is 5.86. The van der Waals surface area contributed by atoms with Gasteiger partial charge >= 0.3 is 0 Å². The number of hydrogen-bond donors (Lipinski definition) is 3. The molecule has 1 heterocycles. The molecule has 46 heavy (non-hydrogen) atoms. The number of nitrogens with two attached hydrogens (primary N) is 3. The summed E-state index contributed by atoms with van der Waals surface area (Å²) in [6.45, 7) is 5.86. The molecule has 4 nitrogen and oxygen atoms in total. The van der Waals surface area contributed by atoms with Crippen LogP contribution in [0.15, 0.2) is 170 Å². The third kappa shape index (κ3) is 5.64. The molecule has 0 aliphatic heterocycles. The summed E-state index contributed by atoms with van der Waals surface area (Å²) in [5.74, 6) is 0. The normalized spacial score (nSPS) is 13.1. The van der Waals surface area contributed by atoms with Gasteiger partial charge in [-0.25, -0.2) is 0 Å². The van der Waals surface area contributed by atoms with Gasteiger partial charge in [-0.3, -0.25) is 0 Å². The van der Waals surface area contributed by atoms with Crippen LogP contribution in [0.2, 0.25) is 0 Å². The average Bonchev–Trinajstić information content (AvgIpc) is 3.44. The van der Waals surface area contributed by atoms with E-state index >= 15 is 0 Å². The van der Waals surface area contributed by atoms with Gasteiger partial charge in [-0.2, -0.15) is 0 Å². The summed E-state index contributed by atoms with van der Waals surface area (Å²) in [6, 6.07) is 37.3. The summed E-state index contributed by atoms with van der Waals surface area (Å²) < 4.78 is 2.40. The number of fused-ring (bicyclic) bond motifs is 5. The zero-order valence-corrected chi connectivity index (χ0v) is 26.0. The molecule has 0 aliphatic carbocycles. The third-order valence-corrected chi connectivity index (χ3v) is 8.50. The minimum Gasteiger partial charge on any atom is -0.405 e. The third-order valence-electron chi connectivity index (χ3n) is 8.50. The molecule has 5 aromatic carbocycles. The van der Waals surface area contributed by atoms with Crippen molar-refractivity contribution in [2.24, 2.45) is 17.2 Å². The SMILES string of the molecule is C=CC(=C\N)/C(/C=C\Cc1ccc2c3ccc4cc(-c5cccc(C(/C=C\N)=C/C)c5)ccc4c3n(-c3ccccc3)c2c1)=C/N. The van der Waals surface area contributed by atoms with Crippen molar-refractivity contribution in [2.45, 2.75) is 13.3 Å². The Morgan fingerprint density at radius 1 is 0.717 bits per heavy atom. The maximum absolute atomic E-state index is 5.86. The van der Waals surface area contributed by atoms with E-state index in [1.165, 1.54) is 55.5 Å². The highest BCUT2D eigenvalue weighted by atomic mass is 15.0. The van der Waals surface area contributed by atoms with E-state index in [4.69, 9.17) is 17.2 Å². The molecule has 1 aromatic heterocycles. The molecule has 6 rings (SSSR count). The topological polar surface area (TPSA) is 83.0 Å². The van der Waals surface area contributed by atoms with E-state index in [1.807, 2.05) is 19.1 Å². The van der Waals surface area contributed by atoms with Crippen LogP contribution in [0.1, 0.15) is 18.1 Å². The standard InChI is InChI=1S/C42H38N4/c1-3-30(22-23-43)32-11-9-12-33(25-32)34-17-20-38-35(26-34)18-21-40-39-19-16-29(10-8-13-36(28-45)31(4-2)27-44)24-41(39)46(42(38)40)37-14-6-5-7-15-37/h3-9,11-28H,2,10,43-45H2,1H3/b13-8-,23-22-,30-3+,31-27+,36-28+. The van der Waals surface area contributed by atoms with Gasteiger partial charge < -0.3 is 21.8 Å². The van der Waals surface area contributed by atoms with Crippen LogP contribution in [0, 0.1) is 0 Å². The van der Waals surface area contributed by atoms with Crippen LogP contribution < -0.4 is 17.2 Å². The van der Waals surface area contributed by atoms with Crippen LogP contribution in [0.25, 0.3) is 55.0 Å². The molecule has 0 radical (unpaired) electrons. The van der Waals surface area contributed by atoms with Gasteiger partial charge in [-0.15, -0.1) is 0 Å². The summed E-state index contributed by atoms with van der Waals surface area (Å²) in [5, 5.41) is 4.85. The average molecular weight is 599 g/mol. The van der Waals surface area contributed by atoms with Crippen molar-refractivity contribution in [1.29, 1.82) is 0 Å². The first-order chi connectivity index (χ1) is 22.6. The molecule has 4 heteroatoms. The summed E-state index contributed by atoms with van der Waals surface area (Å²) in [7, 11) is 0. The molecule has 0 bridgehead atoms. The largest absolute Gasteiger partial charge is 0.405 e. The minimum atomic E-state index is 0.748. The number of aromatic nitrogens is 1. The fraction of sp³-hybridized carbons (Fsp3) is 0.0476. The molecular formula is C42H38N4. The van der Waals surface area contributed by atoms with Crippen LogP contribution in [0.5, 0.6) is 0 Å². The monoisotopic (exact) mass is 598 g/mol. The van der Waals surface area contributed by atoms with Gasteiger partial charge in [0, 0.05) is 34.2 Å². The van der Waals surface area contributed by atoms with Gasteiger partial charge in [-0.1, -0.05) is 104 Å². The predicted octanol–water partition coefficient (Wildman–Crippen LogP) is 9.45. The van der Waals surface area contributed by atoms with E-state index < -0.39 is 0 Å². The Labute approximate surface area is 270 Å². The van der Waals surface area contributed by atoms with Crippen LogP contribution in [-0.2, 0) is 6.42 Å². The zero-order valence-electron chi connectivity index (χ0n) is 26.0. The molecule has 0 saturated heterocycles. The first-order valence-electron chi connectivity index (χ1n) is 15.4. The van der Waals surface area contributed by atoms with E-state index in [2.05, 4.69) is 126 Å². The highest BCUT2D eigenvalue weighted by Gasteiger charge is 2.16. The van der Waals surface area contributed by atoms with Crippen LogP contribution in [-0.4, -0.2) is 4.57 Å². The van der Waals surface area contributed by atoms with Gasteiger partial charge in [0.15, 0.2) is 0 Å². The number of benzene rings is 5. The lowest BCUT2D eigenvalue weighted by Gasteiger charge is -2.12. The Balaban J connectivity index is 1.48. The molecular weight excluding hydrogens is 560 g/mol. The summed E-state index contributed by atoms with van der Waals surface area (Å²) in [6.07, 6.45) is 15.2. The van der Waals surface area contributed by atoms with Crippen molar-refractivity contribution < 1.29 is 0 Å². The van der Waals surface area contributed by atoms with Crippen molar-refractivity contribution in [3.63, 3.8) is 0 Å². The van der Waals surface area contributed by atoms with E-state index in [9.17, 15) is 0 Å². The number of para-hydroxylation sites is 1. The maximum Gasteiger partial charge on any atom is 0.0619 e. The van der Waals surface area contributed by atoms with Crippen molar-refractivity contribution >= 4 is 38.2 Å². The van der Waals surface area contributed by atoms with Crippen LogP contribution in [0.4, 0.5) is 0 Å². The lowest BCUT2D eigenvalue weighted by Crippen LogP contribution is -1.95. The first kappa shape index (κ1) is 30.0. The highest BCUT2D eigenvalue weighted by molar-refractivity contribution is 6.19. The van der Waals surface area contributed by atoms with Gasteiger partial charge in [0.05, 0.1) is 11.0 Å². The van der Waals surface area contributed by atoms with Crippen LogP contribution >= 0.6 is 0 Å². The molecule has 226 valence electrons. The van der Waals surface area contributed by atoms with Gasteiger partial charge in [0.25, 0.3) is 0 Å². The molecule has 6 N–H and O–H groups in total. The zero-order chi connectivity index (χ0) is 32.0. The first-order valence-corrected chi connectivity index (χ1v) is 15.4. The quantitative estimate of drug-likeness (QED) is 0.145. The Bertz CT molecular complexity index is 2220. The Morgan fingerprint density at radius 2 is 1.48 bits per heavy atom. The van der Waals surface area contributed by atoms with E-state index in [0.717, 1.165) is 34.4 Å².